The third-order valence-electron chi connectivity index (χ3n) is 2.96. The zero-order valence-corrected chi connectivity index (χ0v) is 14.6. The van der Waals surface area contributed by atoms with Crippen molar-refractivity contribution in [1.29, 1.82) is 0 Å². The summed E-state index contributed by atoms with van der Waals surface area (Å²) in [4.78, 5) is 0.124. The molecule has 1 unspecified atom stereocenters. The van der Waals surface area contributed by atoms with Gasteiger partial charge in [0, 0.05) is 4.47 Å². The molecule has 2 nitrogen and oxygen atoms in total. The Morgan fingerprint density at radius 1 is 1.05 bits per heavy atom. The fraction of sp³-hybridized carbons (Fsp3) is 0.250. The van der Waals surface area contributed by atoms with Crippen molar-refractivity contribution in [2.45, 2.75) is 11.8 Å². The van der Waals surface area contributed by atoms with Gasteiger partial charge >= 0.3 is 0 Å². The zero-order chi connectivity index (χ0) is 14.5. The van der Waals surface area contributed by atoms with Crippen LogP contribution in [0.5, 0.6) is 11.5 Å². The molecular formula is C16H16Br2O2. The van der Waals surface area contributed by atoms with Crippen molar-refractivity contribution in [3.63, 3.8) is 0 Å². The van der Waals surface area contributed by atoms with E-state index in [0.717, 1.165) is 21.5 Å². The molecule has 2 aromatic rings. The van der Waals surface area contributed by atoms with Crippen LogP contribution in [0.4, 0.5) is 0 Å². The quantitative estimate of drug-likeness (QED) is 0.631. The van der Waals surface area contributed by atoms with Crippen molar-refractivity contribution in [3.8, 4) is 11.5 Å². The van der Waals surface area contributed by atoms with E-state index in [1.165, 1.54) is 5.56 Å². The van der Waals surface area contributed by atoms with Crippen LogP contribution >= 0.6 is 31.9 Å². The van der Waals surface area contributed by atoms with Crippen LogP contribution in [0.3, 0.4) is 0 Å². The number of benzene rings is 2. The third kappa shape index (κ3) is 3.55. The fourth-order valence-corrected chi connectivity index (χ4v) is 3.52. The van der Waals surface area contributed by atoms with Gasteiger partial charge in [0.2, 0.25) is 0 Å². The summed E-state index contributed by atoms with van der Waals surface area (Å²) in [6, 6.07) is 14.1. The van der Waals surface area contributed by atoms with Crippen LogP contribution in [0.15, 0.2) is 46.9 Å². The van der Waals surface area contributed by atoms with Crippen molar-refractivity contribution >= 4 is 31.9 Å². The second-order valence-corrected chi connectivity index (χ2v) is 6.02. The van der Waals surface area contributed by atoms with Gasteiger partial charge in [-0.1, -0.05) is 50.1 Å². The molecule has 20 heavy (non-hydrogen) atoms. The second-order valence-electron chi connectivity index (χ2n) is 4.25. The molecule has 0 aromatic heterocycles. The molecule has 0 aliphatic heterocycles. The maximum Gasteiger partial charge on any atom is 0.120 e. The van der Waals surface area contributed by atoms with Gasteiger partial charge in [-0.15, -0.1) is 0 Å². The van der Waals surface area contributed by atoms with E-state index in [1.54, 1.807) is 7.11 Å². The lowest BCUT2D eigenvalue weighted by molar-refractivity contribution is 0.340. The summed E-state index contributed by atoms with van der Waals surface area (Å²) in [6.07, 6.45) is 0. The Balaban J connectivity index is 2.24. The van der Waals surface area contributed by atoms with Crippen molar-refractivity contribution in [2.24, 2.45) is 0 Å². The fourth-order valence-electron chi connectivity index (χ4n) is 1.92. The highest BCUT2D eigenvalue weighted by molar-refractivity contribution is 9.11. The van der Waals surface area contributed by atoms with E-state index in [0.29, 0.717) is 6.61 Å². The van der Waals surface area contributed by atoms with Gasteiger partial charge in [-0.3, -0.25) is 0 Å². The van der Waals surface area contributed by atoms with E-state index in [4.69, 9.17) is 9.47 Å². The smallest absolute Gasteiger partial charge is 0.120 e. The Morgan fingerprint density at radius 2 is 1.70 bits per heavy atom. The van der Waals surface area contributed by atoms with Crippen molar-refractivity contribution in [2.75, 3.05) is 13.7 Å². The highest BCUT2D eigenvalue weighted by Crippen LogP contribution is 2.37. The topological polar surface area (TPSA) is 18.5 Å². The molecule has 2 rings (SSSR count). The van der Waals surface area contributed by atoms with E-state index < -0.39 is 0 Å². The van der Waals surface area contributed by atoms with Gasteiger partial charge in [0.15, 0.2) is 0 Å². The Morgan fingerprint density at radius 3 is 2.25 bits per heavy atom. The van der Waals surface area contributed by atoms with Crippen LogP contribution in [0.25, 0.3) is 0 Å². The van der Waals surface area contributed by atoms with E-state index >= 15 is 0 Å². The van der Waals surface area contributed by atoms with E-state index in [-0.39, 0.29) is 4.83 Å². The molecular weight excluding hydrogens is 384 g/mol. The summed E-state index contributed by atoms with van der Waals surface area (Å²) in [5, 5.41) is 0. The molecule has 0 amide bonds. The Kier molecular flexibility index (Phi) is 5.49. The molecule has 0 aliphatic rings. The first-order valence-corrected chi connectivity index (χ1v) is 8.06. The summed E-state index contributed by atoms with van der Waals surface area (Å²) < 4.78 is 11.7. The molecule has 0 aliphatic carbocycles. The average molecular weight is 400 g/mol. The predicted molar refractivity (Wildman–Crippen MR) is 89.1 cm³/mol. The van der Waals surface area contributed by atoms with Gasteiger partial charge in [0.05, 0.1) is 18.5 Å². The number of hydrogen-bond acceptors (Lipinski definition) is 2. The summed E-state index contributed by atoms with van der Waals surface area (Å²) >= 11 is 7.33. The monoisotopic (exact) mass is 398 g/mol. The van der Waals surface area contributed by atoms with Crippen LogP contribution in [-0.2, 0) is 0 Å². The molecule has 4 heteroatoms. The SMILES string of the molecule is CCOc1ccc(C(Br)c2ccc(OC)cc2Br)cc1. The van der Waals surface area contributed by atoms with Gasteiger partial charge < -0.3 is 9.47 Å². The molecule has 0 N–H and O–H groups in total. The van der Waals surface area contributed by atoms with Crippen molar-refractivity contribution in [3.05, 3.63) is 58.1 Å². The van der Waals surface area contributed by atoms with Gasteiger partial charge in [-0.25, -0.2) is 0 Å². The first kappa shape index (κ1) is 15.4. The first-order valence-electron chi connectivity index (χ1n) is 6.36. The van der Waals surface area contributed by atoms with Crippen LogP contribution in [-0.4, -0.2) is 13.7 Å². The van der Waals surface area contributed by atoms with Crippen LogP contribution < -0.4 is 9.47 Å². The number of hydrogen-bond donors (Lipinski definition) is 0. The van der Waals surface area contributed by atoms with Gasteiger partial charge in [-0.2, -0.15) is 0 Å². The molecule has 106 valence electrons. The van der Waals surface area contributed by atoms with Crippen molar-refractivity contribution in [1.82, 2.24) is 0 Å². The van der Waals surface area contributed by atoms with Gasteiger partial charge in [-0.05, 0) is 42.3 Å². The van der Waals surface area contributed by atoms with Crippen molar-refractivity contribution < 1.29 is 9.47 Å². The molecule has 0 saturated heterocycles. The predicted octanol–water partition coefficient (Wildman–Crippen LogP) is 5.34. The molecule has 0 bridgehead atoms. The minimum Gasteiger partial charge on any atom is -0.497 e. The van der Waals surface area contributed by atoms with Gasteiger partial charge in [0.25, 0.3) is 0 Å². The minimum atomic E-state index is 0.124. The Labute approximate surface area is 136 Å². The minimum absolute atomic E-state index is 0.124. The summed E-state index contributed by atoms with van der Waals surface area (Å²) in [5.41, 5.74) is 2.34. The highest BCUT2D eigenvalue weighted by Gasteiger charge is 2.14. The molecule has 0 heterocycles. The molecule has 1 atom stereocenters. The maximum atomic E-state index is 5.46. The summed E-state index contributed by atoms with van der Waals surface area (Å²) in [5.74, 6) is 1.73. The summed E-state index contributed by atoms with van der Waals surface area (Å²) in [6.45, 7) is 2.66. The molecule has 0 radical (unpaired) electrons. The van der Waals surface area contributed by atoms with Crippen LogP contribution in [0, 0.1) is 0 Å². The molecule has 2 aromatic carbocycles. The van der Waals surface area contributed by atoms with Crippen LogP contribution in [0.2, 0.25) is 0 Å². The zero-order valence-electron chi connectivity index (χ0n) is 11.4. The van der Waals surface area contributed by atoms with Gasteiger partial charge in [0.1, 0.15) is 11.5 Å². The van der Waals surface area contributed by atoms with E-state index in [9.17, 15) is 0 Å². The number of methoxy groups -OCH3 is 1. The Hall–Kier alpha value is -1.00. The van der Waals surface area contributed by atoms with Crippen LogP contribution in [0.1, 0.15) is 22.9 Å². The third-order valence-corrected chi connectivity index (χ3v) is 4.67. The largest absolute Gasteiger partial charge is 0.497 e. The number of ether oxygens (including phenoxy) is 2. The molecule has 0 spiro atoms. The highest BCUT2D eigenvalue weighted by atomic mass is 79.9. The molecule has 0 fully saturated rings. The average Bonchev–Trinajstić information content (AvgIpc) is 2.47. The number of halogens is 2. The second kappa shape index (κ2) is 7.14. The maximum absolute atomic E-state index is 5.46. The summed E-state index contributed by atoms with van der Waals surface area (Å²) in [7, 11) is 1.67. The lowest BCUT2D eigenvalue weighted by Crippen LogP contribution is -1.96. The number of alkyl halides is 1. The first-order chi connectivity index (χ1) is 9.65. The van der Waals surface area contributed by atoms with E-state index in [2.05, 4.69) is 50.1 Å². The number of rotatable bonds is 5. The standard InChI is InChI=1S/C16H16Br2O2/c1-3-20-12-6-4-11(5-7-12)16(18)14-9-8-13(19-2)10-15(14)17/h4-10,16H,3H2,1-2H3. The molecule has 0 saturated carbocycles. The normalized spacial score (nSPS) is 12.0. The van der Waals surface area contributed by atoms with E-state index in [1.807, 2.05) is 31.2 Å². The lowest BCUT2D eigenvalue weighted by Gasteiger charge is -2.14. The Bertz CT molecular complexity index is 567. The lowest BCUT2D eigenvalue weighted by atomic mass is 10.0.